The van der Waals surface area contributed by atoms with Gasteiger partial charge < -0.3 is 20.9 Å². The van der Waals surface area contributed by atoms with Crippen LogP contribution in [0.5, 0.6) is 0 Å². The minimum Gasteiger partial charge on any atom is -0.476 e. The zero-order chi connectivity index (χ0) is 12.8. The molecular formula is C8H9N3O5S. The number of rotatable bonds is 5. The van der Waals surface area contributed by atoms with Crippen molar-refractivity contribution in [2.45, 2.75) is 0 Å². The minimum absolute atomic E-state index is 0.00600. The van der Waals surface area contributed by atoms with E-state index >= 15 is 0 Å². The van der Waals surface area contributed by atoms with E-state index in [2.05, 4.69) is 15.0 Å². The molecule has 4 N–H and O–H groups in total. The zero-order valence-electron chi connectivity index (χ0n) is 8.50. The highest BCUT2D eigenvalue weighted by atomic mass is 32.1. The summed E-state index contributed by atoms with van der Waals surface area (Å²) in [6.07, 6.45) is -0.930. The van der Waals surface area contributed by atoms with Crippen molar-refractivity contribution in [2.24, 2.45) is 5.73 Å². The smallest absolute Gasteiger partial charge is 0.404 e. The van der Waals surface area contributed by atoms with Crippen LogP contribution in [0.15, 0.2) is 5.38 Å². The quantitative estimate of drug-likeness (QED) is 0.620. The molecule has 1 rings (SSSR count). The van der Waals surface area contributed by atoms with Crippen molar-refractivity contribution in [1.29, 1.82) is 0 Å². The van der Waals surface area contributed by atoms with Crippen LogP contribution in [0.4, 0.5) is 4.79 Å². The molecule has 0 saturated heterocycles. The molecule has 0 aliphatic heterocycles. The Morgan fingerprint density at radius 3 is 2.76 bits per heavy atom. The summed E-state index contributed by atoms with van der Waals surface area (Å²) in [7, 11) is 0. The van der Waals surface area contributed by atoms with Gasteiger partial charge in [-0.25, -0.2) is 14.6 Å². The van der Waals surface area contributed by atoms with Crippen LogP contribution in [0.3, 0.4) is 0 Å². The van der Waals surface area contributed by atoms with Crippen LogP contribution in [0.25, 0.3) is 0 Å². The first-order chi connectivity index (χ1) is 8.00. The maximum Gasteiger partial charge on any atom is 0.404 e. The monoisotopic (exact) mass is 259 g/mol. The Kier molecular flexibility index (Phi) is 4.40. The summed E-state index contributed by atoms with van der Waals surface area (Å²) in [5.74, 6) is -1.73. The van der Waals surface area contributed by atoms with Crippen molar-refractivity contribution in [3.8, 4) is 0 Å². The lowest BCUT2D eigenvalue weighted by molar-refractivity contribution is 0.0696. The first-order valence-electron chi connectivity index (χ1n) is 4.40. The number of aromatic nitrogens is 1. The summed E-state index contributed by atoms with van der Waals surface area (Å²) in [6.45, 7) is 0.0126. The predicted molar refractivity (Wildman–Crippen MR) is 56.9 cm³/mol. The van der Waals surface area contributed by atoms with Crippen LogP contribution in [0.1, 0.15) is 20.3 Å². The van der Waals surface area contributed by atoms with E-state index < -0.39 is 18.0 Å². The number of amides is 2. The van der Waals surface area contributed by atoms with Gasteiger partial charge in [-0.05, 0) is 0 Å². The van der Waals surface area contributed by atoms with E-state index in [1.54, 1.807) is 0 Å². The third-order valence-corrected chi connectivity index (χ3v) is 2.38. The lowest BCUT2D eigenvalue weighted by Gasteiger charge is -2.02. The van der Waals surface area contributed by atoms with Crippen molar-refractivity contribution < 1.29 is 24.2 Å². The number of carboxylic acid groups (broad SMARTS) is 1. The second kappa shape index (κ2) is 5.80. The van der Waals surface area contributed by atoms with E-state index in [4.69, 9.17) is 10.8 Å². The van der Waals surface area contributed by atoms with E-state index in [-0.39, 0.29) is 23.9 Å². The minimum atomic E-state index is -1.19. The SMILES string of the molecule is NC(=O)OCCNC(=O)c1csc(C(=O)O)n1. The van der Waals surface area contributed by atoms with E-state index in [9.17, 15) is 14.4 Å². The number of hydrogen-bond acceptors (Lipinski definition) is 6. The van der Waals surface area contributed by atoms with Gasteiger partial charge in [0.25, 0.3) is 5.91 Å². The Bertz CT molecular complexity index is 444. The highest BCUT2D eigenvalue weighted by molar-refractivity contribution is 7.11. The van der Waals surface area contributed by atoms with Crippen LogP contribution in [0, 0.1) is 0 Å². The average molecular weight is 259 g/mol. The molecule has 0 fully saturated rings. The third kappa shape index (κ3) is 4.07. The summed E-state index contributed by atoms with van der Waals surface area (Å²) in [5, 5.41) is 12.1. The number of carbonyl (C=O) groups is 3. The largest absolute Gasteiger partial charge is 0.476 e. The molecule has 92 valence electrons. The van der Waals surface area contributed by atoms with E-state index in [0.29, 0.717) is 0 Å². The zero-order valence-corrected chi connectivity index (χ0v) is 9.32. The van der Waals surface area contributed by atoms with Crippen molar-refractivity contribution in [3.05, 3.63) is 16.1 Å². The normalized spacial score (nSPS) is 9.65. The number of nitrogens with one attached hydrogen (secondary N) is 1. The first kappa shape index (κ1) is 12.9. The molecule has 2 amide bonds. The van der Waals surface area contributed by atoms with Crippen LogP contribution >= 0.6 is 11.3 Å². The number of thiazole rings is 1. The molecule has 17 heavy (non-hydrogen) atoms. The van der Waals surface area contributed by atoms with Crippen molar-refractivity contribution in [2.75, 3.05) is 13.2 Å². The van der Waals surface area contributed by atoms with Gasteiger partial charge in [0.1, 0.15) is 12.3 Å². The van der Waals surface area contributed by atoms with Crippen LogP contribution in [-0.4, -0.2) is 41.2 Å². The Morgan fingerprint density at radius 2 is 2.24 bits per heavy atom. The number of carbonyl (C=O) groups excluding carboxylic acids is 2. The third-order valence-electron chi connectivity index (χ3n) is 1.55. The van der Waals surface area contributed by atoms with Gasteiger partial charge in [-0.2, -0.15) is 0 Å². The summed E-state index contributed by atoms with van der Waals surface area (Å²) in [6, 6.07) is 0. The van der Waals surface area contributed by atoms with Gasteiger partial charge in [0.2, 0.25) is 5.01 Å². The summed E-state index contributed by atoms with van der Waals surface area (Å²) >= 11 is 0.853. The number of aromatic carboxylic acids is 1. The Hall–Kier alpha value is -2.16. The molecule has 0 unspecified atom stereocenters. The van der Waals surface area contributed by atoms with E-state index in [1.165, 1.54) is 5.38 Å². The van der Waals surface area contributed by atoms with Crippen LogP contribution in [-0.2, 0) is 4.74 Å². The van der Waals surface area contributed by atoms with Crippen molar-refractivity contribution in [3.63, 3.8) is 0 Å². The average Bonchev–Trinajstić information content (AvgIpc) is 2.73. The van der Waals surface area contributed by atoms with Crippen LogP contribution in [0.2, 0.25) is 0 Å². The molecule has 1 aromatic rings. The highest BCUT2D eigenvalue weighted by Crippen LogP contribution is 2.09. The molecule has 8 nitrogen and oxygen atoms in total. The standard InChI is InChI=1S/C8H9N3O5S/c9-8(15)16-2-1-10-5(12)4-3-17-6(11-4)7(13)14/h3H,1-2H2,(H2,9,15)(H,10,12)(H,13,14). The van der Waals surface area contributed by atoms with Gasteiger partial charge in [0.15, 0.2) is 0 Å². The van der Waals surface area contributed by atoms with E-state index in [0.717, 1.165) is 11.3 Å². The molecule has 0 aliphatic carbocycles. The fourth-order valence-electron chi connectivity index (χ4n) is 0.883. The molecule has 0 saturated carbocycles. The molecular weight excluding hydrogens is 250 g/mol. The molecule has 0 radical (unpaired) electrons. The Labute approximate surface area is 99.4 Å². The molecule has 9 heteroatoms. The molecule has 1 heterocycles. The molecule has 0 aromatic carbocycles. The van der Waals surface area contributed by atoms with Gasteiger partial charge in [-0.15, -0.1) is 11.3 Å². The number of primary amides is 1. The first-order valence-corrected chi connectivity index (χ1v) is 5.28. The number of nitrogens with zero attached hydrogens (tertiary/aromatic N) is 1. The van der Waals surface area contributed by atoms with Crippen molar-refractivity contribution in [1.82, 2.24) is 10.3 Å². The van der Waals surface area contributed by atoms with Gasteiger partial charge in [-0.1, -0.05) is 0 Å². The second-order valence-corrected chi connectivity index (χ2v) is 3.62. The summed E-state index contributed by atoms with van der Waals surface area (Å²) in [5.41, 5.74) is 4.71. The van der Waals surface area contributed by atoms with E-state index in [1.807, 2.05) is 0 Å². The predicted octanol–water partition coefficient (Wildman–Crippen LogP) is -0.334. The lowest BCUT2D eigenvalue weighted by Crippen LogP contribution is -2.29. The molecule has 0 aliphatic rings. The number of nitrogens with two attached hydrogens (primary N) is 1. The second-order valence-electron chi connectivity index (χ2n) is 2.77. The fourth-order valence-corrected chi connectivity index (χ4v) is 1.52. The Morgan fingerprint density at radius 1 is 1.53 bits per heavy atom. The summed E-state index contributed by atoms with van der Waals surface area (Å²) < 4.78 is 4.38. The number of ether oxygens (including phenoxy) is 1. The topological polar surface area (TPSA) is 132 Å². The fraction of sp³-hybridized carbons (Fsp3) is 0.250. The maximum absolute atomic E-state index is 11.4. The molecule has 0 bridgehead atoms. The van der Waals surface area contributed by atoms with Crippen molar-refractivity contribution >= 4 is 29.3 Å². The molecule has 0 spiro atoms. The summed E-state index contributed by atoms with van der Waals surface area (Å²) in [4.78, 5) is 35.7. The lowest BCUT2D eigenvalue weighted by atomic mass is 10.4. The van der Waals surface area contributed by atoms with Gasteiger partial charge in [0, 0.05) is 5.38 Å². The maximum atomic E-state index is 11.4. The molecule has 0 atom stereocenters. The van der Waals surface area contributed by atoms with Gasteiger partial charge in [-0.3, -0.25) is 4.79 Å². The highest BCUT2D eigenvalue weighted by Gasteiger charge is 2.13. The van der Waals surface area contributed by atoms with Crippen LogP contribution < -0.4 is 11.1 Å². The van der Waals surface area contributed by atoms with Gasteiger partial charge >= 0.3 is 12.1 Å². The Balaban J connectivity index is 2.41. The number of carboxylic acids is 1. The number of hydrogen-bond donors (Lipinski definition) is 3. The molecule has 1 aromatic heterocycles. The van der Waals surface area contributed by atoms with Gasteiger partial charge in [0.05, 0.1) is 6.54 Å².